The Kier molecular flexibility index (Phi) is 7.43. The van der Waals surface area contributed by atoms with Crippen LogP contribution < -0.4 is 10.6 Å². The van der Waals surface area contributed by atoms with Gasteiger partial charge in [-0.25, -0.2) is 4.98 Å². The van der Waals surface area contributed by atoms with Crippen molar-refractivity contribution in [2.24, 2.45) is 0 Å². The zero-order valence-electron chi connectivity index (χ0n) is 17.2. The molecule has 0 spiro atoms. The molecule has 0 aliphatic carbocycles. The first-order valence-corrected chi connectivity index (χ1v) is 10.4. The molecule has 1 aromatic carbocycles. The number of nitrogens with zero attached hydrogens (tertiary/aromatic N) is 3. The maximum absolute atomic E-state index is 12.3. The van der Waals surface area contributed by atoms with Crippen LogP contribution in [0.3, 0.4) is 0 Å². The number of hydrogen-bond donors (Lipinski definition) is 2. The van der Waals surface area contributed by atoms with Crippen LogP contribution in [0.4, 0.5) is 5.69 Å². The number of pyridine rings is 1. The predicted octanol–water partition coefficient (Wildman–Crippen LogP) is 3.24. The molecule has 2 heterocycles. The number of hydrogen-bond acceptors (Lipinski definition) is 4. The molecule has 0 atom stereocenters. The SMILES string of the molecule is CCN(CC)CCNC(=O)c1ccc(NC(=O)Cc2cn3cc(Cl)ccc3n2)cc1. The van der Waals surface area contributed by atoms with E-state index in [-0.39, 0.29) is 18.2 Å². The van der Waals surface area contributed by atoms with Crippen molar-refractivity contribution in [1.29, 1.82) is 0 Å². The number of halogens is 1. The summed E-state index contributed by atoms with van der Waals surface area (Å²) in [5.74, 6) is -0.302. The zero-order chi connectivity index (χ0) is 21.5. The number of carbonyl (C=O) groups excluding carboxylic acids is 2. The summed E-state index contributed by atoms with van der Waals surface area (Å²) in [6.45, 7) is 7.55. The Hall–Kier alpha value is -2.90. The van der Waals surface area contributed by atoms with Crippen LogP contribution in [0.1, 0.15) is 29.9 Å². The van der Waals surface area contributed by atoms with Crippen molar-refractivity contribution < 1.29 is 9.59 Å². The highest BCUT2D eigenvalue weighted by molar-refractivity contribution is 6.30. The lowest BCUT2D eigenvalue weighted by atomic mass is 10.2. The summed E-state index contributed by atoms with van der Waals surface area (Å²) >= 11 is 5.97. The molecule has 0 aliphatic heterocycles. The van der Waals surface area contributed by atoms with Gasteiger partial charge >= 0.3 is 0 Å². The first kappa shape index (κ1) is 21.8. The number of amides is 2. The molecule has 3 rings (SSSR count). The molecular formula is C22H26ClN5O2. The quantitative estimate of drug-likeness (QED) is 0.549. The van der Waals surface area contributed by atoms with Crippen LogP contribution >= 0.6 is 11.6 Å². The van der Waals surface area contributed by atoms with Crippen LogP contribution in [0.2, 0.25) is 5.02 Å². The van der Waals surface area contributed by atoms with Gasteiger partial charge in [-0.2, -0.15) is 0 Å². The summed E-state index contributed by atoms with van der Waals surface area (Å²) in [6, 6.07) is 10.4. The molecule has 0 bridgehead atoms. The Morgan fingerprint density at radius 3 is 2.50 bits per heavy atom. The molecule has 0 aliphatic rings. The first-order chi connectivity index (χ1) is 14.5. The Morgan fingerprint density at radius 1 is 1.07 bits per heavy atom. The highest BCUT2D eigenvalue weighted by atomic mass is 35.5. The molecule has 2 amide bonds. The summed E-state index contributed by atoms with van der Waals surface area (Å²) in [5.41, 5.74) is 2.58. The third-order valence-corrected chi connectivity index (χ3v) is 5.07. The van der Waals surface area contributed by atoms with Gasteiger partial charge in [-0.15, -0.1) is 0 Å². The van der Waals surface area contributed by atoms with Crippen molar-refractivity contribution >= 4 is 34.7 Å². The Balaban J connectivity index is 1.51. The van der Waals surface area contributed by atoms with Gasteiger partial charge in [0.1, 0.15) is 5.65 Å². The molecule has 158 valence electrons. The van der Waals surface area contributed by atoms with Gasteiger partial charge in [-0.3, -0.25) is 9.59 Å². The van der Waals surface area contributed by atoms with Crippen molar-refractivity contribution in [3.8, 4) is 0 Å². The lowest BCUT2D eigenvalue weighted by molar-refractivity contribution is -0.115. The number of aromatic nitrogens is 2. The van der Waals surface area contributed by atoms with Gasteiger partial charge in [0.25, 0.3) is 5.91 Å². The van der Waals surface area contributed by atoms with Crippen molar-refractivity contribution in [2.45, 2.75) is 20.3 Å². The number of likely N-dealkylation sites (N-methyl/N-ethyl adjacent to an activating group) is 1. The second kappa shape index (κ2) is 10.2. The number of anilines is 1. The maximum Gasteiger partial charge on any atom is 0.251 e. The minimum Gasteiger partial charge on any atom is -0.351 e. The van der Waals surface area contributed by atoms with Crippen LogP contribution in [0, 0.1) is 0 Å². The van der Waals surface area contributed by atoms with E-state index in [0.29, 0.717) is 28.5 Å². The molecule has 7 nitrogen and oxygen atoms in total. The zero-order valence-corrected chi connectivity index (χ0v) is 17.9. The number of rotatable bonds is 9. The van der Waals surface area contributed by atoms with Gasteiger partial charge in [0.15, 0.2) is 0 Å². The number of imidazole rings is 1. The standard InChI is InChI=1S/C22H26ClN5O2/c1-3-27(4-2)12-11-24-22(30)16-5-8-18(9-6-16)26-21(29)13-19-15-28-14-17(23)7-10-20(28)25-19/h5-10,14-15H,3-4,11-13H2,1-2H3,(H,24,30)(H,26,29). The smallest absolute Gasteiger partial charge is 0.251 e. The van der Waals surface area contributed by atoms with Crippen molar-refractivity contribution in [3.63, 3.8) is 0 Å². The maximum atomic E-state index is 12.3. The predicted molar refractivity (Wildman–Crippen MR) is 119 cm³/mol. The average Bonchev–Trinajstić information content (AvgIpc) is 3.12. The lowest BCUT2D eigenvalue weighted by Crippen LogP contribution is -2.34. The third kappa shape index (κ3) is 5.81. The van der Waals surface area contributed by atoms with Gasteiger partial charge in [-0.1, -0.05) is 25.4 Å². The Bertz CT molecular complexity index is 1010. The highest BCUT2D eigenvalue weighted by Crippen LogP contribution is 2.13. The van der Waals surface area contributed by atoms with E-state index in [1.165, 1.54) is 0 Å². The molecule has 2 N–H and O–H groups in total. The van der Waals surface area contributed by atoms with E-state index in [2.05, 4.69) is 34.4 Å². The normalized spacial score (nSPS) is 11.1. The summed E-state index contributed by atoms with van der Waals surface area (Å²) in [5, 5.41) is 6.36. The number of fused-ring (bicyclic) bond motifs is 1. The number of benzene rings is 1. The molecule has 0 fully saturated rings. The van der Waals surface area contributed by atoms with E-state index < -0.39 is 0 Å². The molecule has 0 saturated carbocycles. The topological polar surface area (TPSA) is 78.7 Å². The van der Waals surface area contributed by atoms with E-state index in [0.717, 1.165) is 25.3 Å². The second-order valence-corrected chi connectivity index (χ2v) is 7.37. The summed E-state index contributed by atoms with van der Waals surface area (Å²) in [7, 11) is 0. The van der Waals surface area contributed by atoms with Crippen LogP contribution in [0.5, 0.6) is 0 Å². The minimum absolute atomic E-state index is 0.122. The fraction of sp³-hybridized carbons (Fsp3) is 0.318. The van der Waals surface area contributed by atoms with Crippen LogP contribution in [-0.2, 0) is 11.2 Å². The molecule has 0 radical (unpaired) electrons. The van der Waals surface area contributed by atoms with Gasteiger partial charge in [0.2, 0.25) is 5.91 Å². The third-order valence-electron chi connectivity index (χ3n) is 4.85. The van der Waals surface area contributed by atoms with E-state index in [1.54, 1.807) is 53.2 Å². The lowest BCUT2D eigenvalue weighted by Gasteiger charge is -2.17. The van der Waals surface area contributed by atoms with Gasteiger partial charge in [0.05, 0.1) is 17.1 Å². The average molecular weight is 428 g/mol. The molecule has 3 aromatic rings. The minimum atomic E-state index is -0.180. The Morgan fingerprint density at radius 2 is 1.80 bits per heavy atom. The van der Waals surface area contributed by atoms with Gasteiger partial charge in [0, 0.05) is 36.7 Å². The van der Waals surface area contributed by atoms with Crippen LogP contribution in [0.15, 0.2) is 48.8 Å². The molecule has 8 heteroatoms. The van der Waals surface area contributed by atoms with Crippen molar-refractivity contribution in [2.75, 3.05) is 31.5 Å². The summed E-state index contributed by atoms with van der Waals surface area (Å²) in [4.78, 5) is 31.2. The Labute approximate surface area is 181 Å². The first-order valence-electron chi connectivity index (χ1n) is 10.0. The molecular weight excluding hydrogens is 402 g/mol. The fourth-order valence-electron chi connectivity index (χ4n) is 3.15. The molecule has 0 unspecified atom stereocenters. The van der Waals surface area contributed by atoms with E-state index in [1.807, 2.05) is 0 Å². The monoisotopic (exact) mass is 427 g/mol. The number of carbonyl (C=O) groups is 2. The molecule has 30 heavy (non-hydrogen) atoms. The summed E-state index contributed by atoms with van der Waals surface area (Å²) < 4.78 is 1.79. The van der Waals surface area contributed by atoms with E-state index in [9.17, 15) is 9.59 Å². The van der Waals surface area contributed by atoms with Crippen molar-refractivity contribution in [1.82, 2.24) is 19.6 Å². The summed E-state index contributed by atoms with van der Waals surface area (Å²) in [6.07, 6.45) is 3.68. The highest BCUT2D eigenvalue weighted by Gasteiger charge is 2.10. The van der Waals surface area contributed by atoms with Crippen molar-refractivity contribution in [3.05, 3.63) is 65.1 Å². The molecule has 0 saturated heterocycles. The van der Waals surface area contributed by atoms with Crippen LogP contribution in [-0.4, -0.2) is 52.3 Å². The van der Waals surface area contributed by atoms with E-state index >= 15 is 0 Å². The van der Waals surface area contributed by atoms with Gasteiger partial charge < -0.3 is 19.9 Å². The second-order valence-electron chi connectivity index (χ2n) is 6.93. The largest absolute Gasteiger partial charge is 0.351 e. The van der Waals surface area contributed by atoms with E-state index in [4.69, 9.17) is 11.6 Å². The van der Waals surface area contributed by atoms with Crippen LogP contribution in [0.25, 0.3) is 5.65 Å². The fourth-order valence-corrected chi connectivity index (χ4v) is 3.31. The number of nitrogens with one attached hydrogen (secondary N) is 2. The molecule has 2 aromatic heterocycles. The van der Waals surface area contributed by atoms with Gasteiger partial charge in [-0.05, 0) is 49.5 Å².